The number of fused-ring (bicyclic) bond motifs is 2. The van der Waals surface area contributed by atoms with Gasteiger partial charge in [0, 0.05) is 54.4 Å². The molecule has 14 nitrogen and oxygen atoms in total. The second-order valence-electron chi connectivity index (χ2n) is 11.3. The van der Waals surface area contributed by atoms with E-state index in [2.05, 4.69) is 5.32 Å². The van der Waals surface area contributed by atoms with Gasteiger partial charge in [-0.25, -0.2) is 4.98 Å². The minimum absolute atomic E-state index is 0.124. The second kappa shape index (κ2) is 12.9. The summed E-state index contributed by atoms with van der Waals surface area (Å²) in [6.07, 6.45) is 0. The van der Waals surface area contributed by atoms with Crippen molar-refractivity contribution in [1.82, 2.24) is 4.98 Å². The van der Waals surface area contributed by atoms with Gasteiger partial charge < -0.3 is 16.0 Å². The van der Waals surface area contributed by atoms with E-state index in [0.717, 1.165) is 5.69 Å². The lowest BCUT2D eigenvalue weighted by atomic mass is 10.1. The number of hydrogen-bond acceptors (Lipinski definition) is 10. The molecule has 1 aromatic heterocycles. The van der Waals surface area contributed by atoms with Crippen LogP contribution in [0.5, 0.6) is 0 Å². The van der Waals surface area contributed by atoms with Crippen LogP contribution in [0.15, 0.2) is 118 Å². The molecule has 0 aliphatic rings. The zero-order chi connectivity index (χ0) is 36.0. The Hall–Kier alpha value is -5.17. The molecular weight excluding hydrogens is 707 g/mol. The number of hydrogen-bond donors (Lipinski definition) is 5. The van der Waals surface area contributed by atoms with Crippen molar-refractivity contribution < 1.29 is 43.5 Å². The Balaban J connectivity index is 1.51. The van der Waals surface area contributed by atoms with Crippen LogP contribution in [0.2, 0.25) is 0 Å². The first-order valence-corrected chi connectivity index (χ1v) is 19.2. The summed E-state index contributed by atoms with van der Waals surface area (Å²) in [6, 6.07) is 26.5. The van der Waals surface area contributed by atoms with Crippen molar-refractivity contribution in [3.63, 3.8) is 0 Å². The summed E-state index contributed by atoms with van der Waals surface area (Å²) in [7, 11) is -13.5. The lowest BCUT2D eigenvalue weighted by molar-refractivity contribution is -0.538. The van der Waals surface area contributed by atoms with Gasteiger partial charge >= 0.3 is 0 Å². The van der Waals surface area contributed by atoms with Crippen LogP contribution in [0.1, 0.15) is 12.5 Å². The summed E-state index contributed by atoms with van der Waals surface area (Å²) in [5, 5.41) is 3.12. The highest BCUT2D eigenvalue weighted by Gasteiger charge is 2.23. The maximum atomic E-state index is 11.8. The van der Waals surface area contributed by atoms with Crippen molar-refractivity contribution in [1.29, 1.82) is 0 Å². The molecule has 17 heteroatoms. The van der Waals surface area contributed by atoms with E-state index in [0.29, 0.717) is 57.8 Å². The highest BCUT2D eigenvalue weighted by molar-refractivity contribution is 7.86. The molecule has 258 valence electrons. The molecule has 0 fully saturated rings. The van der Waals surface area contributed by atoms with Crippen LogP contribution >= 0.6 is 0 Å². The molecular formula is C33H30N5O9S3+. The molecule has 0 unspecified atom stereocenters. The molecule has 0 amide bonds. The molecule has 0 spiro atoms. The average Bonchev–Trinajstić information content (AvgIpc) is 3.06. The summed E-state index contributed by atoms with van der Waals surface area (Å²) in [4.78, 5) is 5.87. The normalized spacial score (nSPS) is 12.3. The summed E-state index contributed by atoms with van der Waals surface area (Å²) in [6.45, 7) is 2.75. The van der Waals surface area contributed by atoms with Gasteiger partial charge in [-0.3, -0.25) is 13.7 Å². The van der Waals surface area contributed by atoms with Gasteiger partial charge in [0.15, 0.2) is 0 Å². The highest BCUT2D eigenvalue weighted by Crippen LogP contribution is 2.29. The lowest BCUT2D eigenvalue weighted by Crippen LogP contribution is -2.34. The van der Waals surface area contributed by atoms with Crippen LogP contribution in [0.25, 0.3) is 27.8 Å². The number of nitrogens with one attached hydrogen (secondary N) is 1. The van der Waals surface area contributed by atoms with Gasteiger partial charge in [0.25, 0.3) is 30.4 Å². The van der Waals surface area contributed by atoms with Crippen LogP contribution in [0.4, 0.5) is 22.7 Å². The summed E-state index contributed by atoms with van der Waals surface area (Å²) < 4.78 is 101. The molecule has 6 N–H and O–H groups in total. The van der Waals surface area contributed by atoms with E-state index in [1.165, 1.54) is 48.5 Å². The highest BCUT2D eigenvalue weighted by atomic mass is 32.2. The Morgan fingerprint density at radius 3 is 1.96 bits per heavy atom. The standard InChI is InChI=1S/C33H29N5O9S3/c1-2-37(20-21-4-3-5-27(16-21)49(42,43)44)25-10-15-30-32(19-25)38(24-8-11-26(12-9-24)48(39,40)41)31-17-22(7-14-29(31)36-30)35-23-6-13-28(34)33(18-23)50(45,46)47/h3-19H,2,20H2,1H3,(H5,34,36,39,40,41,42,43,44,45,46,47)/p+1. The molecule has 5 aromatic carbocycles. The summed E-state index contributed by atoms with van der Waals surface area (Å²) >= 11 is 0. The fourth-order valence-corrected chi connectivity index (χ4v) is 7.25. The van der Waals surface area contributed by atoms with Gasteiger partial charge in [0.2, 0.25) is 16.7 Å². The van der Waals surface area contributed by atoms with Crippen molar-refractivity contribution in [3.05, 3.63) is 109 Å². The van der Waals surface area contributed by atoms with E-state index >= 15 is 0 Å². The van der Waals surface area contributed by atoms with E-state index < -0.39 is 35.2 Å². The van der Waals surface area contributed by atoms with Gasteiger partial charge in [0.05, 0.1) is 15.5 Å². The predicted octanol–water partition coefficient (Wildman–Crippen LogP) is 4.76. The zero-order valence-electron chi connectivity index (χ0n) is 26.2. The van der Waals surface area contributed by atoms with Crippen LogP contribution in [-0.2, 0) is 36.9 Å². The van der Waals surface area contributed by atoms with Gasteiger partial charge in [-0.1, -0.05) is 12.1 Å². The van der Waals surface area contributed by atoms with E-state index in [1.807, 2.05) is 34.6 Å². The molecule has 0 aliphatic heterocycles. The van der Waals surface area contributed by atoms with Crippen LogP contribution in [0, 0.1) is 0 Å². The molecule has 50 heavy (non-hydrogen) atoms. The largest absolute Gasteiger partial charge is 0.398 e. The quantitative estimate of drug-likeness (QED) is 0.0555. The van der Waals surface area contributed by atoms with Crippen molar-refractivity contribution in [2.45, 2.75) is 28.2 Å². The van der Waals surface area contributed by atoms with Crippen LogP contribution in [-0.4, -0.2) is 50.4 Å². The number of nitrogens with zero attached hydrogens (tertiary/aromatic N) is 3. The number of nitrogen functional groups attached to an aromatic ring is 1. The van der Waals surface area contributed by atoms with E-state index in [1.54, 1.807) is 36.4 Å². The van der Waals surface area contributed by atoms with Crippen molar-refractivity contribution in [2.75, 3.05) is 22.5 Å². The predicted molar refractivity (Wildman–Crippen MR) is 188 cm³/mol. The van der Waals surface area contributed by atoms with E-state index in [9.17, 15) is 38.9 Å². The second-order valence-corrected chi connectivity index (χ2v) is 15.5. The maximum absolute atomic E-state index is 11.8. The van der Waals surface area contributed by atoms with Gasteiger partial charge in [-0.15, -0.1) is 4.57 Å². The Bertz CT molecular complexity index is 2630. The molecule has 6 rings (SSSR count). The van der Waals surface area contributed by atoms with E-state index in [4.69, 9.17) is 10.7 Å². The third-order valence-corrected chi connectivity index (χ3v) is 10.6. The minimum Gasteiger partial charge on any atom is -0.398 e. The van der Waals surface area contributed by atoms with Crippen LogP contribution in [0.3, 0.4) is 0 Å². The van der Waals surface area contributed by atoms with Gasteiger partial charge in [-0.2, -0.15) is 25.3 Å². The maximum Gasteiger partial charge on any atom is 0.296 e. The van der Waals surface area contributed by atoms with E-state index in [-0.39, 0.29) is 15.5 Å². The molecule has 0 saturated heterocycles. The van der Waals surface area contributed by atoms with Gasteiger partial charge in [0.1, 0.15) is 15.9 Å². The fraction of sp³-hybridized carbons (Fsp3) is 0.0909. The topological polar surface area (TPSA) is 221 Å². The average molecular weight is 737 g/mol. The number of rotatable bonds is 10. The minimum atomic E-state index is -4.59. The Morgan fingerprint density at radius 2 is 1.32 bits per heavy atom. The van der Waals surface area contributed by atoms with Crippen LogP contribution < -0.4 is 20.5 Å². The third-order valence-electron chi connectivity index (χ3n) is 7.95. The summed E-state index contributed by atoms with van der Waals surface area (Å²) in [5.41, 5.74) is 10.7. The zero-order valence-corrected chi connectivity index (χ0v) is 28.6. The molecule has 0 aliphatic carbocycles. The smallest absolute Gasteiger partial charge is 0.296 e. The molecule has 0 bridgehead atoms. The Labute approximate surface area is 287 Å². The molecule has 0 radical (unpaired) electrons. The molecule has 0 atom stereocenters. The number of nitrogens with two attached hydrogens (primary N) is 1. The van der Waals surface area contributed by atoms with Crippen molar-refractivity contribution >= 4 is 75.2 Å². The number of anilines is 4. The van der Waals surface area contributed by atoms with Gasteiger partial charge in [-0.05, 0) is 79.2 Å². The number of benzene rings is 5. The Morgan fingerprint density at radius 1 is 0.700 bits per heavy atom. The van der Waals surface area contributed by atoms with Crippen molar-refractivity contribution in [3.8, 4) is 5.69 Å². The first-order chi connectivity index (χ1) is 23.5. The Kier molecular flexibility index (Phi) is 8.98. The lowest BCUT2D eigenvalue weighted by Gasteiger charge is -2.23. The molecule has 0 saturated carbocycles. The first-order valence-electron chi connectivity index (χ1n) is 14.8. The summed E-state index contributed by atoms with van der Waals surface area (Å²) in [5.74, 6) is 0. The monoisotopic (exact) mass is 736 g/mol. The van der Waals surface area contributed by atoms with Crippen molar-refractivity contribution in [2.24, 2.45) is 0 Å². The fourth-order valence-electron chi connectivity index (χ4n) is 5.57. The third kappa shape index (κ3) is 7.23. The molecule has 6 aromatic rings. The first kappa shape index (κ1) is 34.7. The SMILES string of the molecule is CCN(Cc1cccc(S(=O)(=O)O)c1)c1ccc2nc3ccc(Nc4ccc(N)c(S(=O)(=O)O)c4)cc3[n+](-c3ccc(S(=O)(=O)O)cc3)c2c1. The molecule has 1 heterocycles. The number of aromatic nitrogens is 2.